The Morgan fingerprint density at radius 2 is 0.854 bits per heavy atom. The average molecular weight is 565 g/mol. The molecule has 0 unspecified atom stereocenters. The van der Waals surface area contributed by atoms with Crippen molar-refractivity contribution in [2.24, 2.45) is 0 Å². The van der Waals surface area contributed by atoms with E-state index < -0.39 is 35.2 Å². The van der Waals surface area contributed by atoms with E-state index >= 15 is 0 Å². The van der Waals surface area contributed by atoms with Crippen molar-refractivity contribution in [3.8, 4) is 33.8 Å². The number of halogens is 4. The van der Waals surface area contributed by atoms with Crippen LogP contribution in [0.4, 0.5) is 17.6 Å². The third-order valence-corrected chi connectivity index (χ3v) is 6.42. The van der Waals surface area contributed by atoms with Crippen molar-refractivity contribution in [1.82, 2.24) is 0 Å². The molecular formula is C33H28F4O4. The summed E-state index contributed by atoms with van der Waals surface area (Å²) in [6.07, 6.45) is 3.79. The maximum Gasteiger partial charge on any atom is 0.311 e. The fourth-order valence-corrected chi connectivity index (χ4v) is 4.28. The standard InChI is InChI=1S/C33H28F4O4/c34-24-12-8-22(9-13-24)28-18-16-26(20-30(28)36)40-32(38)6-4-2-1-3-5-7-33(39)41-27-17-19-29(31(37)21-27)23-10-14-25(35)15-11-23/h8-21H,1-7H2. The van der Waals surface area contributed by atoms with Gasteiger partial charge in [0.05, 0.1) is 0 Å². The van der Waals surface area contributed by atoms with Crippen LogP contribution in [0, 0.1) is 23.3 Å². The van der Waals surface area contributed by atoms with E-state index in [2.05, 4.69) is 0 Å². The summed E-state index contributed by atoms with van der Waals surface area (Å²) >= 11 is 0. The van der Waals surface area contributed by atoms with Gasteiger partial charge in [0, 0.05) is 36.1 Å². The van der Waals surface area contributed by atoms with Crippen molar-refractivity contribution >= 4 is 11.9 Å². The van der Waals surface area contributed by atoms with E-state index in [9.17, 15) is 27.2 Å². The van der Waals surface area contributed by atoms with Crippen molar-refractivity contribution in [2.45, 2.75) is 44.9 Å². The lowest BCUT2D eigenvalue weighted by Crippen LogP contribution is -2.08. The van der Waals surface area contributed by atoms with Gasteiger partial charge in [-0.3, -0.25) is 9.59 Å². The summed E-state index contributed by atoms with van der Waals surface area (Å²) < 4.78 is 65.5. The molecule has 8 heteroatoms. The van der Waals surface area contributed by atoms with Gasteiger partial charge in [0.1, 0.15) is 34.8 Å². The zero-order valence-corrected chi connectivity index (χ0v) is 22.2. The number of unbranched alkanes of at least 4 members (excludes halogenated alkanes) is 4. The van der Waals surface area contributed by atoms with E-state index in [0.29, 0.717) is 24.0 Å². The topological polar surface area (TPSA) is 52.6 Å². The van der Waals surface area contributed by atoms with Gasteiger partial charge in [0.2, 0.25) is 0 Å². The molecule has 0 N–H and O–H groups in total. The molecule has 0 saturated carbocycles. The van der Waals surface area contributed by atoms with E-state index in [0.717, 1.165) is 31.4 Å². The Morgan fingerprint density at radius 1 is 0.488 bits per heavy atom. The van der Waals surface area contributed by atoms with E-state index in [-0.39, 0.29) is 35.5 Å². The molecule has 0 radical (unpaired) electrons. The summed E-state index contributed by atoms with van der Waals surface area (Å²) in [5.41, 5.74) is 1.59. The molecule has 212 valence electrons. The second-order valence-corrected chi connectivity index (χ2v) is 9.51. The van der Waals surface area contributed by atoms with Crippen molar-refractivity contribution in [2.75, 3.05) is 0 Å². The van der Waals surface area contributed by atoms with Crippen LogP contribution in [-0.2, 0) is 9.59 Å². The Morgan fingerprint density at radius 3 is 1.22 bits per heavy atom. The summed E-state index contributed by atoms with van der Waals surface area (Å²) in [5.74, 6) is -2.73. The lowest BCUT2D eigenvalue weighted by Gasteiger charge is -2.08. The molecule has 0 aliphatic heterocycles. The summed E-state index contributed by atoms with van der Waals surface area (Å²) in [6.45, 7) is 0. The van der Waals surface area contributed by atoms with E-state index in [4.69, 9.17) is 9.47 Å². The molecule has 0 aromatic heterocycles. The van der Waals surface area contributed by atoms with Crippen molar-refractivity contribution in [3.05, 3.63) is 108 Å². The fourth-order valence-electron chi connectivity index (χ4n) is 4.28. The van der Waals surface area contributed by atoms with Gasteiger partial charge < -0.3 is 9.47 Å². The fraction of sp³-hybridized carbons (Fsp3) is 0.212. The first-order valence-corrected chi connectivity index (χ1v) is 13.3. The lowest BCUT2D eigenvalue weighted by atomic mass is 10.0. The highest BCUT2D eigenvalue weighted by atomic mass is 19.1. The van der Waals surface area contributed by atoms with Crippen molar-refractivity contribution < 1.29 is 36.6 Å². The molecule has 0 aliphatic rings. The lowest BCUT2D eigenvalue weighted by molar-refractivity contribution is -0.135. The Kier molecular flexibility index (Phi) is 10.3. The second-order valence-electron chi connectivity index (χ2n) is 9.51. The van der Waals surface area contributed by atoms with Crippen LogP contribution in [0.15, 0.2) is 84.9 Å². The molecular weight excluding hydrogens is 536 g/mol. The third kappa shape index (κ3) is 8.76. The SMILES string of the molecule is O=C(CCCCCCCC(=O)Oc1ccc(-c2ccc(F)cc2)c(F)c1)Oc1ccc(-c2ccc(F)cc2)c(F)c1. The molecule has 0 fully saturated rings. The zero-order valence-electron chi connectivity index (χ0n) is 22.2. The van der Waals surface area contributed by atoms with Crippen molar-refractivity contribution in [1.29, 1.82) is 0 Å². The predicted octanol–water partition coefficient (Wildman–Crippen LogP) is 8.82. The van der Waals surface area contributed by atoms with Gasteiger partial charge >= 0.3 is 11.9 Å². The van der Waals surface area contributed by atoms with Gasteiger partial charge in [-0.1, -0.05) is 43.5 Å². The minimum absolute atomic E-state index is 0.0989. The molecule has 0 saturated heterocycles. The largest absolute Gasteiger partial charge is 0.426 e. The molecule has 0 heterocycles. The van der Waals surface area contributed by atoms with E-state index in [1.807, 2.05) is 0 Å². The molecule has 4 rings (SSSR count). The molecule has 4 aromatic rings. The highest BCUT2D eigenvalue weighted by molar-refractivity contribution is 5.74. The van der Waals surface area contributed by atoms with E-state index in [1.165, 1.54) is 72.8 Å². The van der Waals surface area contributed by atoms with Gasteiger partial charge in [-0.15, -0.1) is 0 Å². The Bertz CT molecular complexity index is 1370. The molecule has 0 bridgehead atoms. The molecule has 4 nitrogen and oxygen atoms in total. The van der Waals surface area contributed by atoms with E-state index in [1.54, 1.807) is 0 Å². The molecule has 0 atom stereocenters. The zero-order chi connectivity index (χ0) is 29.2. The summed E-state index contributed by atoms with van der Waals surface area (Å²) in [7, 11) is 0. The van der Waals surface area contributed by atoms with Gasteiger partial charge in [-0.25, -0.2) is 17.6 Å². The number of hydrogen-bond acceptors (Lipinski definition) is 4. The van der Waals surface area contributed by atoms with Crippen LogP contribution in [0.3, 0.4) is 0 Å². The quantitative estimate of drug-likeness (QED) is 0.0747. The number of ether oxygens (including phenoxy) is 2. The highest BCUT2D eigenvalue weighted by Crippen LogP contribution is 2.28. The number of carbonyl (C=O) groups is 2. The van der Waals surface area contributed by atoms with Crippen LogP contribution in [0.5, 0.6) is 11.5 Å². The van der Waals surface area contributed by atoms with Crippen LogP contribution in [0.25, 0.3) is 22.3 Å². The first-order valence-electron chi connectivity index (χ1n) is 13.3. The number of carbonyl (C=O) groups excluding carboxylic acids is 2. The Balaban J connectivity index is 1.10. The minimum Gasteiger partial charge on any atom is -0.426 e. The third-order valence-electron chi connectivity index (χ3n) is 6.42. The van der Waals surface area contributed by atoms with Gasteiger partial charge in [-0.05, 0) is 72.5 Å². The smallest absolute Gasteiger partial charge is 0.311 e. The monoisotopic (exact) mass is 564 g/mol. The Labute approximate surface area is 235 Å². The molecule has 0 aliphatic carbocycles. The molecule has 0 spiro atoms. The first kappa shape index (κ1) is 29.5. The normalized spacial score (nSPS) is 10.8. The Hall–Kier alpha value is -4.46. The number of rotatable bonds is 12. The van der Waals surface area contributed by atoms with Crippen LogP contribution in [-0.4, -0.2) is 11.9 Å². The van der Waals surface area contributed by atoms with Crippen LogP contribution in [0.2, 0.25) is 0 Å². The summed E-state index contributed by atoms with van der Waals surface area (Å²) in [4.78, 5) is 24.2. The minimum atomic E-state index is -0.576. The number of hydrogen-bond donors (Lipinski definition) is 0. The van der Waals surface area contributed by atoms with Gasteiger partial charge in [0.15, 0.2) is 0 Å². The van der Waals surface area contributed by atoms with Crippen molar-refractivity contribution in [3.63, 3.8) is 0 Å². The summed E-state index contributed by atoms with van der Waals surface area (Å²) in [6, 6.07) is 19.1. The molecule has 41 heavy (non-hydrogen) atoms. The number of esters is 2. The summed E-state index contributed by atoms with van der Waals surface area (Å²) in [5, 5.41) is 0. The van der Waals surface area contributed by atoms with Gasteiger partial charge in [0.25, 0.3) is 0 Å². The van der Waals surface area contributed by atoms with Gasteiger partial charge in [-0.2, -0.15) is 0 Å². The average Bonchev–Trinajstić information content (AvgIpc) is 2.94. The van der Waals surface area contributed by atoms with Crippen LogP contribution < -0.4 is 9.47 Å². The predicted molar refractivity (Wildman–Crippen MR) is 147 cm³/mol. The molecule has 4 aromatic carbocycles. The van der Waals surface area contributed by atoms with Crippen LogP contribution in [0.1, 0.15) is 44.9 Å². The first-order chi connectivity index (χ1) is 19.8. The maximum atomic E-state index is 14.5. The molecule has 0 amide bonds. The number of benzene rings is 4. The highest BCUT2D eigenvalue weighted by Gasteiger charge is 2.12. The maximum absolute atomic E-state index is 14.5. The second kappa shape index (κ2) is 14.3. The van der Waals surface area contributed by atoms with Crippen LogP contribution >= 0.6 is 0 Å².